The standard InChI is InChI=1S/C22H22N4O3/c1-29-17-6-7-19-14(9-17)10-21(26-19)22(28)24-12-16(25-13-27)8-15-11-23-20-5-3-2-4-18(15)20/h2-7,9-11,13,16,23,26H,8,12H2,1H3,(H,24,28)(H,25,27)/t16-/m0/s1. The van der Waals surface area contributed by atoms with Gasteiger partial charge >= 0.3 is 0 Å². The summed E-state index contributed by atoms with van der Waals surface area (Å²) in [6.45, 7) is 0.315. The summed E-state index contributed by atoms with van der Waals surface area (Å²) in [5.41, 5.74) is 3.46. The molecule has 0 unspecified atom stereocenters. The third-order valence-corrected chi connectivity index (χ3v) is 5.03. The van der Waals surface area contributed by atoms with Gasteiger partial charge in [0.05, 0.1) is 7.11 Å². The van der Waals surface area contributed by atoms with E-state index in [4.69, 9.17) is 4.74 Å². The molecule has 0 aliphatic rings. The Kier molecular flexibility index (Phi) is 5.20. The number of carbonyl (C=O) groups excluding carboxylic acids is 2. The third kappa shape index (κ3) is 3.94. The normalized spacial score (nSPS) is 12.0. The number of aromatic amines is 2. The predicted molar refractivity (Wildman–Crippen MR) is 112 cm³/mol. The number of hydrogen-bond donors (Lipinski definition) is 4. The highest BCUT2D eigenvalue weighted by Gasteiger charge is 2.15. The molecule has 148 valence electrons. The number of amides is 2. The van der Waals surface area contributed by atoms with Crippen LogP contribution >= 0.6 is 0 Å². The minimum absolute atomic E-state index is 0.222. The van der Waals surface area contributed by atoms with Crippen LogP contribution in [0.2, 0.25) is 0 Å². The summed E-state index contributed by atoms with van der Waals surface area (Å²) in [6, 6.07) is 15.1. The van der Waals surface area contributed by atoms with Gasteiger partial charge < -0.3 is 25.3 Å². The SMILES string of the molecule is COc1ccc2[nH]c(C(=O)NC[C@H](Cc3c[nH]c4ccccc34)NC=O)cc2c1. The van der Waals surface area contributed by atoms with Gasteiger partial charge in [0, 0.05) is 40.6 Å². The van der Waals surface area contributed by atoms with Crippen LogP contribution in [0.3, 0.4) is 0 Å². The molecule has 2 aromatic heterocycles. The summed E-state index contributed by atoms with van der Waals surface area (Å²) in [5.74, 6) is 0.509. The second kappa shape index (κ2) is 8.10. The first-order chi connectivity index (χ1) is 14.2. The molecule has 0 aliphatic heterocycles. The molecule has 0 aliphatic carbocycles. The number of fused-ring (bicyclic) bond motifs is 2. The van der Waals surface area contributed by atoms with Crippen LogP contribution in [0.15, 0.2) is 54.7 Å². The van der Waals surface area contributed by atoms with Crippen LogP contribution in [0.25, 0.3) is 21.8 Å². The second-order valence-electron chi connectivity index (χ2n) is 6.89. The lowest BCUT2D eigenvalue weighted by molar-refractivity contribution is -0.110. The second-order valence-corrected chi connectivity index (χ2v) is 6.89. The topological polar surface area (TPSA) is 99.0 Å². The Morgan fingerprint density at radius 3 is 2.86 bits per heavy atom. The van der Waals surface area contributed by atoms with E-state index in [1.807, 2.05) is 48.7 Å². The van der Waals surface area contributed by atoms with Crippen molar-refractivity contribution in [2.75, 3.05) is 13.7 Å². The number of benzene rings is 2. The van der Waals surface area contributed by atoms with E-state index < -0.39 is 0 Å². The van der Waals surface area contributed by atoms with E-state index in [0.29, 0.717) is 25.1 Å². The van der Waals surface area contributed by atoms with Crippen molar-refractivity contribution >= 4 is 34.1 Å². The first-order valence-electron chi connectivity index (χ1n) is 9.37. The Morgan fingerprint density at radius 2 is 2.03 bits per heavy atom. The van der Waals surface area contributed by atoms with Crippen molar-refractivity contribution < 1.29 is 14.3 Å². The van der Waals surface area contributed by atoms with E-state index in [1.54, 1.807) is 13.2 Å². The summed E-state index contributed by atoms with van der Waals surface area (Å²) >= 11 is 0. The van der Waals surface area contributed by atoms with Crippen molar-refractivity contribution in [1.82, 2.24) is 20.6 Å². The molecular formula is C22H22N4O3. The fourth-order valence-electron chi connectivity index (χ4n) is 3.52. The van der Waals surface area contributed by atoms with E-state index in [9.17, 15) is 9.59 Å². The number of rotatable bonds is 8. The quantitative estimate of drug-likeness (QED) is 0.348. The Morgan fingerprint density at radius 1 is 1.17 bits per heavy atom. The van der Waals surface area contributed by atoms with E-state index in [0.717, 1.165) is 33.1 Å². The maximum absolute atomic E-state index is 12.6. The number of para-hydroxylation sites is 1. The molecule has 0 saturated heterocycles. The zero-order valence-electron chi connectivity index (χ0n) is 16.0. The largest absolute Gasteiger partial charge is 0.497 e. The molecule has 1 atom stereocenters. The first-order valence-corrected chi connectivity index (χ1v) is 9.37. The minimum Gasteiger partial charge on any atom is -0.497 e. The lowest BCUT2D eigenvalue weighted by Crippen LogP contribution is -2.41. The van der Waals surface area contributed by atoms with Gasteiger partial charge in [-0.3, -0.25) is 9.59 Å². The highest BCUT2D eigenvalue weighted by molar-refractivity contribution is 5.98. The van der Waals surface area contributed by atoms with E-state index >= 15 is 0 Å². The van der Waals surface area contributed by atoms with Gasteiger partial charge in [-0.25, -0.2) is 0 Å². The maximum atomic E-state index is 12.6. The molecule has 7 nitrogen and oxygen atoms in total. The van der Waals surface area contributed by atoms with Gasteiger partial charge in [0.25, 0.3) is 5.91 Å². The molecule has 0 saturated carbocycles. The van der Waals surface area contributed by atoms with Gasteiger partial charge in [-0.15, -0.1) is 0 Å². The number of ether oxygens (including phenoxy) is 1. The first kappa shape index (κ1) is 18.6. The van der Waals surface area contributed by atoms with Crippen LogP contribution in [0.4, 0.5) is 0 Å². The molecule has 4 aromatic rings. The Hall–Kier alpha value is -3.74. The van der Waals surface area contributed by atoms with Crippen molar-refractivity contribution in [3.05, 3.63) is 66.0 Å². The van der Waals surface area contributed by atoms with Crippen molar-refractivity contribution in [1.29, 1.82) is 0 Å². The van der Waals surface area contributed by atoms with Crippen LogP contribution in [0, 0.1) is 0 Å². The molecule has 4 rings (SSSR count). The molecule has 2 aromatic carbocycles. The average Bonchev–Trinajstić information content (AvgIpc) is 3.35. The Bertz CT molecular complexity index is 1160. The van der Waals surface area contributed by atoms with Crippen LogP contribution in [0.5, 0.6) is 5.75 Å². The van der Waals surface area contributed by atoms with Gasteiger partial charge in [0.1, 0.15) is 11.4 Å². The lowest BCUT2D eigenvalue weighted by Gasteiger charge is -2.16. The molecular weight excluding hydrogens is 368 g/mol. The Balaban J connectivity index is 1.45. The van der Waals surface area contributed by atoms with Gasteiger partial charge in [-0.1, -0.05) is 18.2 Å². The number of carbonyl (C=O) groups is 2. The summed E-state index contributed by atoms with van der Waals surface area (Å²) in [5, 5.41) is 7.71. The van der Waals surface area contributed by atoms with E-state index in [2.05, 4.69) is 20.6 Å². The van der Waals surface area contributed by atoms with Crippen LogP contribution in [-0.2, 0) is 11.2 Å². The van der Waals surface area contributed by atoms with Gasteiger partial charge in [0.2, 0.25) is 6.41 Å². The zero-order chi connectivity index (χ0) is 20.2. The molecule has 29 heavy (non-hydrogen) atoms. The van der Waals surface area contributed by atoms with E-state index in [-0.39, 0.29) is 11.9 Å². The number of H-pyrrole nitrogens is 2. The maximum Gasteiger partial charge on any atom is 0.267 e. The highest BCUT2D eigenvalue weighted by Crippen LogP contribution is 2.22. The van der Waals surface area contributed by atoms with Crippen LogP contribution in [0.1, 0.15) is 16.1 Å². The lowest BCUT2D eigenvalue weighted by atomic mass is 10.0. The molecule has 2 heterocycles. The van der Waals surface area contributed by atoms with Crippen molar-refractivity contribution in [3.63, 3.8) is 0 Å². The molecule has 0 spiro atoms. The fraction of sp³-hybridized carbons (Fsp3) is 0.182. The Labute approximate surface area is 167 Å². The number of nitrogens with one attached hydrogen (secondary N) is 4. The summed E-state index contributed by atoms with van der Waals surface area (Å²) < 4.78 is 5.22. The van der Waals surface area contributed by atoms with Gasteiger partial charge in [0.15, 0.2) is 0 Å². The smallest absolute Gasteiger partial charge is 0.267 e. The third-order valence-electron chi connectivity index (χ3n) is 5.03. The molecule has 0 fully saturated rings. The van der Waals surface area contributed by atoms with Crippen molar-refractivity contribution in [3.8, 4) is 5.75 Å². The van der Waals surface area contributed by atoms with Crippen LogP contribution < -0.4 is 15.4 Å². The monoisotopic (exact) mass is 390 g/mol. The highest BCUT2D eigenvalue weighted by atomic mass is 16.5. The predicted octanol–water partition coefficient (Wildman–Crippen LogP) is 2.74. The average molecular weight is 390 g/mol. The number of hydrogen-bond acceptors (Lipinski definition) is 3. The number of methoxy groups -OCH3 is 1. The summed E-state index contributed by atoms with van der Waals surface area (Å²) in [7, 11) is 1.61. The molecule has 0 radical (unpaired) electrons. The summed E-state index contributed by atoms with van der Waals surface area (Å²) in [6.07, 6.45) is 3.21. The van der Waals surface area contributed by atoms with Crippen molar-refractivity contribution in [2.45, 2.75) is 12.5 Å². The molecule has 7 heteroatoms. The van der Waals surface area contributed by atoms with E-state index in [1.165, 1.54) is 0 Å². The molecule has 4 N–H and O–H groups in total. The van der Waals surface area contributed by atoms with Gasteiger partial charge in [-0.2, -0.15) is 0 Å². The summed E-state index contributed by atoms with van der Waals surface area (Å²) in [4.78, 5) is 30.0. The molecule has 2 amide bonds. The van der Waals surface area contributed by atoms with Gasteiger partial charge in [-0.05, 0) is 42.3 Å². The molecule has 0 bridgehead atoms. The fourth-order valence-corrected chi connectivity index (χ4v) is 3.52. The van der Waals surface area contributed by atoms with Crippen LogP contribution in [-0.4, -0.2) is 42.0 Å². The number of aromatic nitrogens is 2. The van der Waals surface area contributed by atoms with Crippen molar-refractivity contribution in [2.24, 2.45) is 0 Å². The minimum atomic E-state index is -0.225. The zero-order valence-corrected chi connectivity index (χ0v) is 16.0.